The van der Waals surface area contributed by atoms with Gasteiger partial charge in [0.05, 0.1) is 23.2 Å². The van der Waals surface area contributed by atoms with Gasteiger partial charge in [-0.1, -0.05) is 40.5 Å². The lowest BCUT2D eigenvalue weighted by Gasteiger charge is -2.12. The smallest absolute Gasteiger partial charge is 0.234 e. The summed E-state index contributed by atoms with van der Waals surface area (Å²) in [6, 6.07) is 5.93. The minimum atomic E-state index is -0.138. The van der Waals surface area contributed by atoms with Gasteiger partial charge in [0.25, 0.3) is 0 Å². The molecule has 0 radical (unpaired) electrons. The molecule has 4 rings (SSSR count). The number of hydrogen-bond acceptors (Lipinski definition) is 7. The normalized spacial score (nSPS) is 14.6. The molecular formula is C16H17BrN8OS. The first-order chi connectivity index (χ1) is 13.2. The van der Waals surface area contributed by atoms with Crippen molar-refractivity contribution in [1.29, 1.82) is 0 Å². The van der Waals surface area contributed by atoms with E-state index in [9.17, 15) is 4.79 Å². The van der Waals surface area contributed by atoms with Crippen LogP contribution in [0.4, 0.5) is 5.69 Å². The zero-order valence-electron chi connectivity index (χ0n) is 14.3. The van der Waals surface area contributed by atoms with Gasteiger partial charge < -0.3 is 5.32 Å². The van der Waals surface area contributed by atoms with Gasteiger partial charge in [-0.05, 0) is 41.5 Å². The molecule has 1 aromatic carbocycles. The fraction of sp³-hybridized carbons (Fsp3) is 0.375. The Labute approximate surface area is 168 Å². The van der Waals surface area contributed by atoms with Gasteiger partial charge in [-0.25, -0.2) is 14.3 Å². The van der Waals surface area contributed by atoms with Crippen molar-refractivity contribution in [3.63, 3.8) is 0 Å². The number of aromatic nitrogens is 7. The van der Waals surface area contributed by atoms with Crippen LogP contribution < -0.4 is 5.32 Å². The maximum absolute atomic E-state index is 12.5. The monoisotopic (exact) mass is 448 g/mol. The Bertz CT molecular complexity index is 922. The SMILES string of the molecule is O=C(CSc1nnnn1C1CCCC1)Nc1cc(Br)ccc1-n1cncn1. The average molecular weight is 449 g/mol. The van der Waals surface area contributed by atoms with Crippen molar-refractivity contribution in [1.82, 2.24) is 35.0 Å². The summed E-state index contributed by atoms with van der Waals surface area (Å²) >= 11 is 4.78. The van der Waals surface area contributed by atoms with E-state index >= 15 is 0 Å². The molecule has 1 amide bonds. The highest BCUT2D eigenvalue weighted by Crippen LogP contribution is 2.31. The van der Waals surface area contributed by atoms with Gasteiger partial charge in [0.15, 0.2) is 0 Å². The number of thioether (sulfide) groups is 1. The van der Waals surface area contributed by atoms with Crippen LogP contribution >= 0.6 is 27.7 Å². The van der Waals surface area contributed by atoms with Crippen molar-refractivity contribution in [3.8, 4) is 5.69 Å². The standard InChI is InChI=1S/C16H17BrN8OS/c17-11-5-6-14(24-10-18-9-19-24)13(7-11)20-15(26)8-27-16-21-22-23-25(16)12-3-1-2-4-12/h5-7,9-10,12H,1-4,8H2,(H,20,26). The van der Waals surface area contributed by atoms with Crippen LogP contribution in [0.3, 0.4) is 0 Å². The van der Waals surface area contributed by atoms with Crippen molar-refractivity contribution >= 4 is 39.3 Å². The van der Waals surface area contributed by atoms with E-state index in [1.54, 1.807) is 11.0 Å². The number of anilines is 1. The largest absolute Gasteiger partial charge is 0.323 e. The molecule has 11 heteroatoms. The van der Waals surface area contributed by atoms with Crippen molar-refractivity contribution in [2.75, 3.05) is 11.1 Å². The summed E-state index contributed by atoms with van der Waals surface area (Å²) in [7, 11) is 0. The number of carbonyl (C=O) groups is 1. The Morgan fingerprint density at radius 3 is 2.96 bits per heavy atom. The number of hydrogen-bond donors (Lipinski definition) is 1. The van der Waals surface area contributed by atoms with E-state index in [1.165, 1.54) is 30.9 Å². The second-order valence-corrected chi connectivity index (χ2v) is 8.04. The van der Waals surface area contributed by atoms with Gasteiger partial charge in [0.1, 0.15) is 12.7 Å². The fourth-order valence-electron chi connectivity index (χ4n) is 3.12. The van der Waals surface area contributed by atoms with Gasteiger partial charge in [-0.2, -0.15) is 5.10 Å². The molecule has 0 saturated heterocycles. The Balaban J connectivity index is 1.43. The zero-order chi connectivity index (χ0) is 18.6. The zero-order valence-corrected chi connectivity index (χ0v) is 16.7. The van der Waals surface area contributed by atoms with E-state index in [4.69, 9.17) is 0 Å². The van der Waals surface area contributed by atoms with Crippen LogP contribution in [0.15, 0.2) is 40.5 Å². The molecule has 2 aromatic heterocycles. The molecule has 0 atom stereocenters. The van der Waals surface area contributed by atoms with Crippen molar-refractivity contribution in [3.05, 3.63) is 35.3 Å². The van der Waals surface area contributed by atoms with Crippen molar-refractivity contribution in [2.24, 2.45) is 0 Å². The second-order valence-electron chi connectivity index (χ2n) is 6.18. The molecule has 9 nitrogen and oxygen atoms in total. The molecule has 0 bridgehead atoms. The molecule has 1 aliphatic rings. The van der Waals surface area contributed by atoms with Gasteiger partial charge >= 0.3 is 0 Å². The summed E-state index contributed by atoms with van der Waals surface area (Å²) in [6.45, 7) is 0. The Morgan fingerprint density at radius 2 is 2.19 bits per heavy atom. The molecule has 27 heavy (non-hydrogen) atoms. The number of nitrogens with one attached hydrogen (secondary N) is 1. The van der Waals surface area contributed by atoms with E-state index in [2.05, 4.69) is 46.9 Å². The summed E-state index contributed by atoms with van der Waals surface area (Å²) in [6.07, 6.45) is 7.61. The summed E-state index contributed by atoms with van der Waals surface area (Å²) in [5.41, 5.74) is 1.39. The highest BCUT2D eigenvalue weighted by Gasteiger charge is 2.22. The third-order valence-corrected chi connectivity index (χ3v) is 5.79. The summed E-state index contributed by atoms with van der Waals surface area (Å²) in [4.78, 5) is 16.5. The molecule has 140 valence electrons. The number of amides is 1. The van der Waals surface area contributed by atoms with Gasteiger partial charge in [0, 0.05) is 4.47 Å². The predicted molar refractivity (Wildman–Crippen MR) is 104 cm³/mol. The van der Waals surface area contributed by atoms with Gasteiger partial charge in [-0.3, -0.25) is 4.79 Å². The van der Waals surface area contributed by atoms with Crippen LogP contribution in [0.1, 0.15) is 31.7 Å². The Morgan fingerprint density at radius 1 is 1.33 bits per heavy atom. The molecule has 0 unspecified atom stereocenters. The van der Waals surface area contributed by atoms with E-state index in [-0.39, 0.29) is 11.7 Å². The first-order valence-corrected chi connectivity index (χ1v) is 10.3. The van der Waals surface area contributed by atoms with Crippen molar-refractivity contribution in [2.45, 2.75) is 36.9 Å². The van der Waals surface area contributed by atoms with E-state index in [0.717, 1.165) is 23.0 Å². The number of nitrogens with zero attached hydrogens (tertiary/aromatic N) is 7. The van der Waals surface area contributed by atoms with Crippen molar-refractivity contribution < 1.29 is 4.79 Å². The maximum atomic E-state index is 12.5. The molecule has 3 aromatic rings. The second kappa shape index (κ2) is 8.17. The number of halogens is 1. The van der Waals surface area contributed by atoms with E-state index < -0.39 is 0 Å². The molecule has 1 fully saturated rings. The van der Waals surface area contributed by atoms with Crippen LogP contribution in [-0.4, -0.2) is 46.6 Å². The summed E-state index contributed by atoms with van der Waals surface area (Å²) in [5, 5.41) is 19.7. The first kappa shape index (κ1) is 18.1. The quantitative estimate of drug-likeness (QED) is 0.578. The molecule has 1 aliphatic carbocycles. The fourth-order valence-corrected chi connectivity index (χ4v) is 4.22. The summed E-state index contributed by atoms with van der Waals surface area (Å²) in [5.74, 6) is 0.0802. The maximum Gasteiger partial charge on any atom is 0.234 e. The van der Waals surface area contributed by atoms with Crippen LogP contribution in [0.2, 0.25) is 0 Å². The lowest BCUT2D eigenvalue weighted by atomic mass is 10.2. The molecule has 2 heterocycles. The number of benzene rings is 1. The molecule has 1 N–H and O–H groups in total. The third kappa shape index (κ3) is 4.19. The van der Waals surface area contributed by atoms with Crippen LogP contribution in [-0.2, 0) is 4.79 Å². The van der Waals surface area contributed by atoms with Crippen LogP contribution in [0, 0.1) is 0 Å². The van der Waals surface area contributed by atoms with Crippen LogP contribution in [0.5, 0.6) is 0 Å². The minimum Gasteiger partial charge on any atom is -0.323 e. The topological polar surface area (TPSA) is 103 Å². The molecule has 1 saturated carbocycles. The lowest BCUT2D eigenvalue weighted by Crippen LogP contribution is -2.17. The number of rotatable bonds is 6. The van der Waals surface area contributed by atoms with Gasteiger partial charge in [0.2, 0.25) is 11.1 Å². The third-order valence-electron chi connectivity index (χ3n) is 4.36. The Hall–Kier alpha value is -2.27. The molecular weight excluding hydrogens is 432 g/mol. The van der Waals surface area contributed by atoms with E-state index in [1.807, 2.05) is 22.9 Å². The van der Waals surface area contributed by atoms with Crippen LogP contribution in [0.25, 0.3) is 5.69 Å². The summed E-state index contributed by atoms with van der Waals surface area (Å²) < 4.78 is 4.32. The molecule has 0 aliphatic heterocycles. The minimum absolute atomic E-state index is 0.138. The number of carbonyl (C=O) groups excluding carboxylic acids is 1. The molecule has 0 spiro atoms. The first-order valence-electron chi connectivity index (χ1n) is 8.56. The Kier molecular flexibility index (Phi) is 5.48. The lowest BCUT2D eigenvalue weighted by molar-refractivity contribution is -0.113. The average Bonchev–Trinajstić information content (AvgIpc) is 3.41. The highest BCUT2D eigenvalue weighted by molar-refractivity contribution is 9.10. The van der Waals surface area contributed by atoms with Gasteiger partial charge in [-0.15, -0.1) is 5.10 Å². The number of tetrazole rings is 1. The van der Waals surface area contributed by atoms with E-state index in [0.29, 0.717) is 16.9 Å². The highest BCUT2D eigenvalue weighted by atomic mass is 79.9. The predicted octanol–water partition coefficient (Wildman–Crippen LogP) is 2.86.